The van der Waals surface area contributed by atoms with Crippen molar-refractivity contribution >= 4 is 39.6 Å². The van der Waals surface area contributed by atoms with E-state index >= 15 is 0 Å². The highest BCUT2D eigenvalue weighted by molar-refractivity contribution is 5.82. The Labute approximate surface area is 240 Å². The number of benzene rings is 1. The van der Waals surface area contributed by atoms with E-state index in [0.29, 0.717) is 30.4 Å². The van der Waals surface area contributed by atoms with Gasteiger partial charge in [-0.05, 0) is 50.3 Å². The van der Waals surface area contributed by atoms with Crippen molar-refractivity contribution in [2.75, 3.05) is 24.6 Å². The van der Waals surface area contributed by atoms with Crippen molar-refractivity contribution in [2.45, 2.75) is 52.4 Å². The molecule has 1 unspecified atom stereocenters. The minimum Gasteiger partial charge on any atom is -0.465 e. The molecule has 0 radical (unpaired) electrons. The Morgan fingerprint density at radius 3 is 2.74 bits per heavy atom. The number of para-hydroxylation sites is 1. The summed E-state index contributed by atoms with van der Waals surface area (Å²) in [5.74, 6) is 5.81. The molecule has 1 fully saturated rings. The van der Waals surface area contributed by atoms with Crippen LogP contribution in [0.25, 0.3) is 27.7 Å². The van der Waals surface area contributed by atoms with E-state index < -0.39 is 23.8 Å². The number of ether oxygens (including phenoxy) is 1. The summed E-state index contributed by atoms with van der Waals surface area (Å²) < 4.78 is 11.1. The lowest BCUT2D eigenvalue weighted by Crippen LogP contribution is -2.44. The molecule has 1 aromatic carbocycles. The van der Waals surface area contributed by atoms with E-state index in [4.69, 9.17) is 20.4 Å². The molecule has 1 aliphatic heterocycles. The molecule has 0 spiro atoms. The number of anilines is 1. The van der Waals surface area contributed by atoms with Crippen LogP contribution in [0.15, 0.2) is 52.2 Å². The molecule has 42 heavy (non-hydrogen) atoms. The molecule has 0 amide bonds. The summed E-state index contributed by atoms with van der Waals surface area (Å²) in [4.78, 5) is 52.2. The zero-order chi connectivity index (χ0) is 29.4. The summed E-state index contributed by atoms with van der Waals surface area (Å²) in [6, 6.07) is 11.7. The SMILES string of the molecule is CC#CCn1c(N2CCCC(N)C2)nc2c1c(=O)n(Cc1cn3c(ccc4ccccc43)n1)c(=O)n2CC(=O)OCC. The summed E-state index contributed by atoms with van der Waals surface area (Å²) in [7, 11) is 0. The number of nitrogens with zero attached hydrogens (tertiary/aromatic N) is 7. The number of aromatic nitrogens is 6. The number of carbonyl (C=O) groups excluding carboxylic acids is 1. The molecule has 5 heterocycles. The highest BCUT2D eigenvalue weighted by atomic mass is 16.5. The molecule has 0 aliphatic carbocycles. The van der Waals surface area contributed by atoms with Crippen molar-refractivity contribution in [1.82, 2.24) is 28.1 Å². The Morgan fingerprint density at radius 1 is 1.12 bits per heavy atom. The average molecular weight is 569 g/mol. The zero-order valence-electron chi connectivity index (χ0n) is 23.6. The van der Waals surface area contributed by atoms with Crippen LogP contribution in [0.4, 0.5) is 5.95 Å². The first-order valence-electron chi connectivity index (χ1n) is 14.0. The predicted molar refractivity (Wildman–Crippen MR) is 160 cm³/mol. The van der Waals surface area contributed by atoms with Crippen LogP contribution in [0, 0.1) is 11.8 Å². The van der Waals surface area contributed by atoms with Gasteiger partial charge in [-0.3, -0.25) is 27.7 Å². The Bertz CT molecular complexity index is 2000. The number of piperidine rings is 1. The van der Waals surface area contributed by atoms with Crippen molar-refractivity contribution in [3.63, 3.8) is 0 Å². The van der Waals surface area contributed by atoms with Crippen LogP contribution in [0.5, 0.6) is 0 Å². The highest BCUT2D eigenvalue weighted by Gasteiger charge is 2.28. The van der Waals surface area contributed by atoms with Crippen molar-refractivity contribution < 1.29 is 9.53 Å². The molecule has 0 saturated carbocycles. The zero-order valence-corrected chi connectivity index (χ0v) is 23.6. The van der Waals surface area contributed by atoms with Gasteiger partial charge < -0.3 is 15.4 Å². The number of pyridine rings is 1. The molecule has 12 nitrogen and oxygen atoms in total. The normalized spacial score (nSPS) is 15.3. The van der Waals surface area contributed by atoms with Crippen LogP contribution < -0.4 is 21.9 Å². The fourth-order valence-electron chi connectivity index (χ4n) is 5.64. The number of hydrogen-bond acceptors (Lipinski definition) is 8. The lowest BCUT2D eigenvalue weighted by Gasteiger charge is -2.31. The third-order valence-electron chi connectivity index (χ3n) is 7.55. The highest BCUT2D eigenvalue weighted by Crippen LogP contribution is 2.23. The standard InChI is InChI=1S/C30H32N8O4/c1-3-5-15-35-26-27(33-29(35)34-14-8-10-21(31)16-34)37(19-25(39)42-4-2)30(41)38(28(26)40)18-22-17-36-23-11-7-6-9-20(23)12-13-24(36)32-22/h6-7,9,11-13,17,21H,4,8,10,14-16,18-19,31H2,1-2H3. The van der Waals surface area contributed by atoms with Gasteiger partial charge in [-0.1, -0.05) is 24.1 Å². The minimum absolute atomic E-state index is 0.0474. The van der Waals surface area contributed by atoms with E-state index in [1.54, 1.807) is 18.4 Å². The summed E-state index contributed by atoms with van der Waals surface area (Å²) in [6.07, 6.45) is 3.58. The van der Waals surface area contributed by atoms with Gasteiger partial charge in [0, 0.05) is 25.3 Å². The molecular weight excluding hydrogens is 536 g/mol. The summed E-state index contributed by atoms with van der Waals surface area (Å²) >= 11 is 0. The summed E-state index contributed by atoms with van der Waals surface area (Å²) in [5.41, 5.74) is 7.53. The van der Waals surface area contributed by atoms with Crippen LogP contribution in [-0.2, 0) is 29.2 Å². The first kappa shape index (κ1) is 27.3. The number of carbonyl (C=O) groups is 1. The smallest absolute Gasteiger partial charge is 0.333 e. The molecule has 4 aromatic heterocycles. The van der Waals surface area contributed by atoms with Gasteiger partial charge in [0.25, 0.3) is 5.56 Å². The molecule has 216 valence electrons. The minimum atomic E-state index is -0.671. The van der Waals surface area contributed by atoms with Crippen molar-refractivity contribution in [1.29, 1.82) is 0 Å². The molecular formula is C30H32N8O4. The summed E-state index contributed by atoms with van der Waals surface area (Å²) in [5, 5.41) is 1.04. The first-order valence-corrected chi connectivity index (χ1v) is 14.0. The fraction of sp³-hybridized carbons (Fsp3) is 0.367. The number of fused-ring (bicyclic) bond motifs is 4. The number of esters is 1. The van der Waals surface area contributed by atoms with Crippen LogP contribution in [-0.4, -0.2) is 59.8 Å². The van der Waals surface area contributed by atoms with Crippen molar-refractivity contribution in [3.8, 4) is 11.8 Å². The maximum absolute atomic E-state index is 14.1. The van der Waals surface area contributed by atoms with E-state index in [9.17, 15) is 14.4 Å². The van der Waals surface area contributed by atoms with Gasteiger partial charge in [0.05, 0.1) is 30.9 Å². The molecule has 5 aromatic rings. The van der Waals surface area contributed by atoms with Gasteiger partial charge in [-0.15, -0.1) is 5.92 Å². The van der Waals surface area contributed by atoms with Crippen LogP contribution >= 0.6 is 0 Å². The Balaban J connectivity index is 1.56. The summed E-state index contributed by atoms with van der Waals surface area (Å²) in [6.45, 7) is 4.51. The van der Waals surface area contributed by atoms with Crippen LogP contribution in [0.1, 0.15) is 32.4 Å². The van der Waals surface area contributed by atoms with E-state index in [1.807, 2.05) is 51.9 Å². The molecule has 2 N–H and O–H groups in total. The van der Waals surface area contributed by atoms with Crippen molar-refractivity contribution in [3.05, 3.63) is 69.1 Å². The van der Waals surface area contributed by atoms with Gasteiger partial charge in [0.2, 0.25) is 5.95 Å². The topological polar surface area (TPSA) is 135 Å². The van der Waals surface area contributed by atoms with Crippen molar-refractivity contribution in [2.24, 2.45) is 5.73 Å². The quantitative estimate of drug-likeness (QED) is 0.232. The third-order valence-corrected chi connectivity index (χ3v) is 7.55. The number of nitrogens with two attached hydrogens (primary N) is 1. The van der Waals surface area contributed by atoms with E-state index in [2.05, 4.69) is 11.8 Å². The number of imidazole rings is 2. The Hall–Kier alpha value is -4.89. The molecule has 1 atom stereocenters. The maximum atomic E-state index is 14.1. The van der Waals surface area contributed by atoms with Gasteiger partial charge >= 0.3 is 11.7 Å². The van der Waals surface area contributed by atoms with Gasteiger partial charge in [-0.25, -0.2) is 9.78 Å². The van der Waals surface area contributed by atoms with E-state index in [-0.39, 0.29) is 36.9 Å². The van der Waals surface area contributed by atoms with E-state index in [0.717, 1.165) is 28.3 Å². The number of hydrogen-bond donors (Lipinski definition) is 1. The van der Waals surface area contributed by atoms with Crippen LogP contribution in [0.2, 0.25) is 0 Å². The van der Waals surface area contributed by atoms with E-state index in [1.165, 1.54) is 4.57 Å². The second kappa shape index (κ2) is 11.2. The molecule has 6 rings (SSSR count). The molecule has 0 bridgehead atoms. The van der Waals surface area contributed by atoms with Gasteiger partial charge in [-0.2, -0.15) is 4.98 Å². The first-order chi connectivity index (χ1) is 20.4. The molecule has 1 saturated heterocycles. The van der Waals surface area contributed by atoms with Gasteiger partial charge in [0.1, 0.15) is 12.2 Å². The maximum Gasteiger partial charge on any atom is 0.333 e. The lowest BCUT2D eigenvalue weighted by molar-refractivity contribution is -0.143. The van der Waals surface area contributed by atoms with Crippen LogP contribution in [0.3, 0.4) is 0 Å². The number of rotatable bonds is 7. The predicted octanol–water partition coefficient (Wildman–Crippen LogP) is 1.72. The Kier molecular flexibility index (Phi) is 7.26. The lowest BCUT2D eigenvalue weighted by atomic mass is 10.1. The molecule has 12 heteroatoms. The third kappa shape index (κ3) is 4.81. The largest absolute Gasteiger partial charge is 0.465 e. The monoisotopic (exact) mass is 568 g/mol. The second-order valence-electron chi connectivity index (χ2n) is 10.4. The fourth-order valence-corrected chi connectivity index (χ4v) is 5.64. The second-order valence-corrected chi connectivity index (χ2v) is 10.4. The molecule has 1 aliphatic rings. The average Bonchev–Trinajstić information content (AvgIpc) is 3.58. The van der Waals surface area contributed by atoms with Gasteiger partial charge in [0.15, 0.2) is 11.2 Å². The Morgan fingerprint density at radius 2 is 1.95 bits per heavy atom.